The highest BCUT2D eigenvalue weighted by molar-refractivity contribution is 4.92. The Morgan fingerprint density at radius 3 is 2.36 bits per heavy atom. The van der Waals surface area contributed by atoms with Crippen LogP contribution in [0.1, 0.15) is 40.5 Å². The summed E-state index contributed by atoms with van der Waals surface area (Å²) in [5, 5.41) is 0. The number of methoxy groups -OCH3 is 1. The van der Waals surface area contributed by atoms with Gasteiger partial charge in [0.1, 0.15) is 0 Å². The van der Waals surface area contributed by atoms with Crippen LogP contribution in [0.5, 0.6) is 0 Å². The molecule has 0 aliphatic carbocycles. The van der Waals surface area contributed by atoms with E-state index >= 15 is 0 Å². The second-order valence-electron chi connectivity index (χ2n) is 5.09. The Morgan fingerprint density at radius 2 is 2.00 bits per heavy atom. The molecule has 0 aromatic heterocycles. The predicted molar refractivity (Wildman–Crippen MR) is 58.4 cm³/mol. The first kappa shape index (κ1) is 12.0. The number of ether oxygens (including phenoxy) is 2. The lowest BCUT2D eigenvalue weighted by Crippen LogP contribution is -2.40. The molecule has 0 spiro atoms. The van der Waals surface area contributed by atoms with Crippen LogP contribution >= 0.6 is 0 Å². The molecule has 0 bridgehead atoms. The number of hydrogen-bond acceptors (Lipinski definition) is 2. The lowest BCUT2D eigenvalue weighted by Gasteiger charge is -2.33. The molecule has 1 aliphatic rings. The van der Waals surface area contributed by atoms with E-state index in [1.165, 1.54) is 6.42 Å². The van der Waals surface area contributed by atoms with Crippen molar-refractivity contribution in [3.8, 4) is 0 Å². The lowest BCUT2D eigenvalue weighted by atomic mass is 9.88. The van der Waals surface area contributed by atoms with Crippen LogP contribution in [0.4, 0.5) is 0 Å². The monoisotopic (exact) mass is 200 g/mol. The fraction of sp³-hybridized carbons (Fsp3) is 1.00. The molecule has 2 heteroatoms. The van der Waals surface area contributed by atoms with Crippen LogP contribution in [-0.2, 0) is 9.47 Å². The zero-order valence-electron chi connectivity index (χ0n) is 10.2. The van der Waals surface area contributed by atoms with Gasteiger partial charge in [0.05, 0.1) is 18.3 Å². The molecule has 14 heavy (non-hydrogen) atoms. The van der Waals surface area contributed by atoms with Crippen LogP contribution in [0.3, 0.4) is 0 Å². The van der Waals surface area contributed by atoms with Crippen molar-refractivity contribution in [1.82, 2.24) is 0 Å². The average molecular weight is 200 g/mol. The minimum atomic E-state index is -0.0241. The average Bonchev–Trinajstić information content (AvgIpc) is 2.50. The van der Waals surface area contributed by atoms with Gasteiger partial charge in [-0.2, -0.15) is 0 Å². The Bertz CT molecular complexity index is 177. The van der Waals surface area contributed by atoms with Gasteiger partial charge >= 0.3 is 0 Å². The van der Waals surface area contributed by atoms with Gasteiger partial charge < -0.3 is 9.47 Å². The highest BCUT2D eigenvalue weighted by atomic mass is 16.6. The van der Waals surface area contributed by atoms with E-state index in [1.807, 2.05) is 0 Å². The van der Waals surface area contributed by atoms with Crippen molar-refractivity contribution in [3.63, 3.8) is 0 Å². The van der Waals surface area contributed by atoms with E-state index in [0.29, 0.717) is 17.9 Å². The quantitative estimate of drug-likeness (QED) is 0.694. The molecule has 0 aromatic carbocycles. The third kappa shape index (κ3) is 2.29. The van der Waals surface area contributed by atoms with Crippen molar-refractivity contribution in [3.05, 3.63) is 0 Å². The Morgan fingerprint density at radius 1 is 1.36 bits per heavy atom. The van der Waals surface area contributed by atoms with E-state index in [9.17, 15) is 0 Å². The fourth-order valence-corrected chi connectivity index (χ4v) is 2.22. The second-order valence-corrected chi connectivity index (χ2v) is 5.09. The standard InChI is InChI=1S/C12H24O2/c1-9(2)11-6-7-12(14-11,8-13-5)10(3)4/h9-11H,6-8H2,1-5H3/t11-,12-/m0/s1. The Balaban J connectivity index is 2.64. The molecular weight excluding hydrogens is 176 g/mol. The maximum absolute atomic E-state index is 6.19. The smallest absolute Gasteiger partial charge is 0.0942 e. The first-order chi connectivity index (χ1) is 6.52. The van der Waals surface area contributed by atoms with Gasteiger partial charge in [0.25, 0.3) is 0 Å². The Hall–Kier alpha value is -0.0800. The van der Waals surface area contributed by atoms with E-state index in [-0.39, 0.29) is 5.60 Å². The SMILES string of the molecule is COC[C@]1(C(C)C)CC[C@@H](C(C)C)O1. The lowest BCUT2D eigenvalue weighted by molar-refractivity contribution is -0.118. The molecule has 0 N–H and O–H groups in total. The van der Waals surface area contributed by atoms with E-state index < -0.39 is 0 Å². The van der Waals surface area contributed by atoms with Crippen LogP contribution in [-0.4, -0.2) is 25.4 Å². The van der Waals surface area contributed by atoms with Crippen LogP contribution in [0.15, 0.2) is 0 Å². The minimum Gasteiger partial charge on any atom is -0.382 e. The summed E-state index contributed by atoms with van der Waals surface area (Å²) in [6.07, 6.45) is 2.74. The number of hydrogen-bond donors (Lipinski definition) is 0. The highest BCUT2D eigenvalue weighted by Gasteiger charge is 2.43. The normalized spacial score (nSPS) is 33.2. The van der Waals surface area contributed by atoms with Crippen molar-refractivity contribution in [1.29, 1.82) is 0 Å². The minimum absolute atomic E-state index is 0.0241. The van der Waals surface area contributed by atoms with Crippen molar-refractivity contribution in [2.45, 2.75) is 52.2 Å². The molecular formula is C12H24O2. The molecule has 1 rings (SSSR count). The first-order valence-corrected chi connectivity index (χ1v) is 5.68. The topological polar surface area (TPSA) is 18.5 Å². The zero-order chi connectivity index (χ0) is 10.8. The summed E-state index contributed by atoms with van der Waals surface area (Å²) in [5.74, 6) is 1.15. The molecule has 0 unspecified atom stereocenters. The molecule has 0 radical (unpaired) electrons. The van der Waals surface area contributed by atoms with Crippen molar-refractivity contribution in [2.75, 3.05) is 13.7 Å². The van der Waals surface area contributed by atoms with Crippen LogP contribution in [0, 0.1) is 11.8 Å². The zero-order valence-corrected chi connectivity index (χ0v) is 10.2. The van der Waals surface area contributed by atoms with E-state index in [0.717, 1.165) is 13.0 Å². The van der Waals surface area contributed by atoms with Crippen LogP contribution < -0.4 is 0 Å². The Labute approximate surface area is 88.0 Å². The van der Waals surface area contributed by atoms with Gasteiger partial charge in [0.15, 0.2) is 0 Å². The van der Waals surface area contributed by atoms with Crippen LogP contribution in [0.2, 0.25) is 0 Å². The molecule has 2 nitrogen and oxygen atoms in total. The molecule has 1 saturated heterocycles. The van der Waals surface area contributed by atoms with E-state index in [4.69, 9.17) is 9.47 Å². The molecule has 1 heterocycles. The van der Waals surface area contributed by atoms with Gasteiger partial charge in [-0.1, -0.05) is 27.7 Å². The molecule has 0 aromatic rings. The van der Waals surface area contributed by atoms with Crippen molar-refractivity contribution in [2.24, 2.45) is 11.8 Å². The molecule has 0 amide bonds. The molecule has 1 fully saturated rings. The summed E-state index contributed by atoms with van der Waals surface area (Å²) in [6, 6.07) is 0. The van der Waals surface area contributed by atoms with Crippen molar-refractivity contribution < 1.29 is 9.47 Å². The van der Waals surface area contributed by atoms with Gasteiger partial charge in [0.2, 0.25) is 0 Å². The third-order valence-corrected chi connectivity index (χ3v) is 3.42. The van der Waals surface area contributed by atoms with Gasteiger partial charge in [-0.05, 0) is 24.7 Å². The van der Waals surface area contributed by atoms with Gasteiger partial charge in [-0.25, -0.2) is 0 Å². The molecule has 1 aliphatic heterocycles. The van der Waals surface area contributed by atoms with Gasteiger partial charge in [-0.3, -0.25) is 0 Å². The summed E-state index contributed by atoms with van der Waals surface area (Å²) in [5.41, 5.74) is -0.0241. The highest BCUT2D eigenvalue weighted by Crippen LogP contribution is 2.39. The molecule has 84 valence electrons. The van der Waals surface area contributed by atoms with Crippen molar-refractivity contribution >= 4 is 0 Å². The number of rotatable bonds is 4. The van der Waals surface area contributed by atoms with E-state index in [2.05, 4.69) is 27.7 Å². The maximum atomic E-state index is 6.19. The molecule has 0 saturated carbocycles. The largest absolute Gasteiger partial charge is 0.382 e. The summed E-state index contributed by atoms with van der Waals surface area (Å²) in [6.45, 7) is 9.64. The maximum Gasteiger partial charge on any atom is 0.0942 e. The first-order valence-electron chi connectivity index (χ1n) is 5.68. The van der Waals surface area contributed by atoms with E-state index in [1.54, 1.807) is 7.11 Å². The Kier molecular flexibility index (Phi) is 3.96. The summed E-state index contributed by atoms with van der Waals surface area (Å²) in [7, 11) is 1.76. The summed E-state index contributed by atoms with van der Waals surface area (Å²) < 4.78 is 11.5. The third-order valence-electron chi connectivity index (χ3n) is 3.42. The fourth-order valence-electron chi connectivity index (χ4n) is 2.22. The summed E-state index contributed by atoms with van der Waals surface area (Å²) in [4.78, 5) is 0. The summed E-state index contributed by atoms with van der Waals surface area (Å²) >= 11 is 0. The van der Waals surface area contributed by atoms with Gasteiger partial charge in [0, 0.05) is 7.11 Å². The molecule has 2 atom stereocenters. The van der Waals surface area contributed by atoms with Crippen LogP contribution in [0.25, 0.3) is 0 Å². The van der Waals surface area contributed by atoms with Gasteiger partial charge in [-0.15, -0.1) is 0 Å². The second kappa shape index (κ2) is 4.63. The predicted octanol–water partition coefficient (Wildman–Crippen LogP) is 2.86.